The van der Waals surface area contributed by atoms with Crippen LogP contribution in [0.25, 0.3) is 11.5 Å². The predicted octanol–water partition coefficient (Wildman–Crippen LogP) is 2.29. The van der Waals surface area contributed by atoms with E-state index in [9.17, 15) is 9.59 Å². The van der Waals surface area contributed by atoms with Gasteiger partial charge in [-0.1, -0.05) is 29.5 Å². The molecule has 0 aliphatic carbocycles. The second kappa shape index (κ2) is 6.31. The van der Waals surface area contributed by atoms with E-state index in [1.54, 1.807) is 0 Å². The molecule has 1 saturated heterocycles. The molecular weight excluding hydrogens is 302 g/mol. The van der Waals surface area contributed by atoms with E-state index in [4.69, 9.17) is 4.42 Å². The smallest absolute Gasteiger partial charge is 0.277 e. The first-order chi connectivity index (χ1) is 10.6. The molecule has 1 aromatic carbocycles. The van der Waals surface area contributed by atoms with Crippen LogP contribution in [0.1, 0.15) is 18.4 Å². The van der Waals surface area contributed by atoms with E-state index in [2.05, 4.69) is 10.2 Å². The van der Waals surface area contributed by atoms with Crippen LogP contribution in [-0.2, 0) is 9.59 Å². The standard InChI is InChI=1S/C15H15N3O3S/c1-10-4-2-5-11(8-10)14-16-17-15(21-14)22-9-13(20)18-7-3-6-12(18)19/h2,4-5,8H,3,6-7,9H2,1H3. The Morgan fingerprint density at radius 2 is 2.27 bits per heavy atom. The van der Waals surface area contributed by atoms with Crippen molar-refractivity contribution in [2.24, 2.45) is 0 Å². The number of aryl methyl sites for hydroxylation is 1. The summed E-state index contributed by atoms with van der Waals surface area (Å²) in [4.78, 5) is 24.7. The minimum atomic E-state index is -0.206. The third-order valence-electron chi connectivity index (χ3n) is 3.37. The number of rotatable bonds is 4. The third-order valence-corrected chi connectivity index (χ3v) is 4.17. The molecule has 1 aromatic heterocycles. The summed E-state index contributed by atoms with van der Waals surface area (Å²) < 4.78 is 5.55. The summed E-state index contributed by atoms with van der Waals surface area (Å²) in [6.07, 6.45) is 1.20. The third kappa shape index (κ3) is 3.19. The zero-order valence-electron chi connectivity index (χ0n) is 12.1. The second-order valence-electron chi connectivity index (χ2n) is 5.07. The van der Waals surface area contributed by atoms with Gasteiger partial charge >= 0.3 is 0 Å². The van der Waals surface area contributed by atoms with Gasteiger partial charge in [-0.3, -0.25) is 14.5 Å². The summed E-state index contributed by atoms with van der Waals surface area (Å²) in [7, 11) is 0. The SMILES string of the molecule is Cc1cccc(-c2nnc(SCC(=O)N3CCCC3=O)o2)c1. The number of nitrogens with zero attached hydrogens (tertiary/aromatic N) is 3. The Bertz CT molecular complexity index is 714. The molecule has 114 valence electrons. The molecule has 1 fully saturated rings. The molecule has 7 heteroatoms. The van der Waals surface area contributed by atoms with Crippen molar-refractivity contribution in [1.82, 2.24) is 15.1 Å². The van der Waals surface area contributed by atoms with Gasteiger partial charge in [-0.15, -0.1) is 10.2 Å². The quantitative estimate of drug-likeness (QED) is 0.805. The molecule has 2 amide bonds. The molecule has 1 aliphatic rings. The van der Waals surface area contributed by atoms with Crippen molar-refractivity contribution in [3.05, 3.63) is 29.8 Å². The highest BCUT2D eigenvalue weighted by molar-refractivity contribution is 7.99. The van der Waals surface area contributed by atoms with Crippen LogP contribution < -0.4 is 0 Å². The first-order valence-corrected chi connectivity index (χ1v) is 7.98. The molecule has 22 heavy (non-hydrogen) atoms. The molecule has 2 aromatic rings. The van der Waals surface area contributed by atoms with Crippen LogP contribution in [0.5, 0.6) is 0 Å². The number of hydrogen-bond donors (Lipinski definition) is 0. The zero-order chi connectivity index (χ0) is 15.5. The lowest BCUT2D eigenvalue weighted by Gasteiger charge is -2.11. The molecule has 0 unspecified atom stereocenters. The largest absolute Gasteiger partial charge is 0.411 e. The van der Waals surface area contributed by atoms with E-state index < -0.39 is 0 Å². The molecule has 3 rings (SSSR count). The van der Waals surface area contributed by atoms with Gasteiger partial charge in [0.1, 0.15) is 0 Å². The van der Waals surface area contributed by atoms with Crippen LogP contribution in [0.2, 0.25) is 0 Å². The fourth-order valence-corrected chi connectivity index (χ4v) is 2.92. The molecule has 0 N–H and O–H groups in total. The fraction of sp³-hybridized carbons (Fsp3) is 0.333. The topological polar surface area (TPSA) is 76.3 Å². The lowest BCUT2D eigenvalue weighted by molar-refractivity contribution is -0.140. The molecule has 0 saturated carbocycles. The summed E-state index contributed by atoms with van der Waals surface area (Å²) >= 11 is 1.15. The Morgan fingerprint density at radius 3 is 3.00 bits per heavy atom. The van der Waals surface area contributed by atoms with Crippen molar-refractivity contribution in [3.8, 4) is 11.5 Å². The number of benzene rings is 1. The number of thioether (sulfide) groups is 1. The lowest BCUT2D eigenvalue weighted by atomic mass is 10.1. The van der Waals surface area contributed by atoms with Gasteiger partial charge in [0.15, 0.2) is 0 Å². The van der Waals surface area contributed by atoms with Crippen molar-refractivity contribution in [2.75, 3.05) is 12.3 Å². The summed E-state index contributed by atoms with van der Waals surface area (Å²) in [5, 5.41) is 8.25. The molecule has 0 spiro atoms. The Morgan fingerprint density at radius 1 is 1.41 bits per heavy atom. The highest BCUT2D eigenvalue weighted by Gasteiger charge is 2.26. The minimum absolute atomic E-state index is 0.100. The highest BCUT2D eigenvalue weighted by atomic mass is 32.2. The molecule has 0 bridgehead atoms. The van der Waals surface area contributed by atoms with Crippen LogP contribution in [0.4, 0.5) is 0 Å². The van der Waals surface area contributed by atoms with E-state index in [-0.39, 0.29) is 17.6 Å². The normalized spacial score (nSPS) is 14.6. The number of amides is 2. The zero-order valence-corrected chi connectivity index (χ0v) is 12.9. The predicted molar refractivity (Wildman–Crippen MR) is 81.1 cm³/mol. The van der Waals surface area contributed by atoms with Gasteiger partial charge in [0.2, 0.25) is 17.7 Å². The van der Waals surface area contributed by atoms with E-state index in [1.807, 2.05) is 31.2 Å². The number of hydrogen-bond acceptors (Lipinski definition) is 6. The van der Waals surface area contributed by atoms with Gasteiger partial charge < -0.3 is 4.42 Å². The van der Waals surface area contributed by atoms with Gasteiger partial charge in [0.25, 0.3) is 5.22 Å². The Labute approximate surface area is 131 Å². The summed E-state index contributed by atoms with van der Waals surface area (Å²) in [6.45, 7) is 2.50. The average Bonchev–Trinajstić information content (AvgIpc) is 3.14. The molecule has 2 heterocycles. The van der Waals surface area contributed by atoms with Crippen molar-refractivity contribution in [2.45, 2.75) is 25.0 Å². The highest BCUT2D eigenvalue weighted by Crippen LogP contribution is 2.24. The number of imide groups is 1. The first kappa shape index (κ1) is 14.8. The number of carbonyl (C=O) groups is 2. The van der Waals surface area contributed by atoms with E-state index >= 15 is 0 Å². The minimum Gasteiger partial charge on any atom is -0.411 e. The molecule has 1 aliphatic heterocycles. The van der Waals surface area contributed by atoms with Gasteiger partial charge in [-0.2, -0.15) is 0 Å². The monoisotopic (exact) mass is 317 g/mol. The van der Waals surface area contributed by atoms with Crippen molar-refractivity contribution in [1.29, 1.82) is 0 Å². The number of likely N-dealkylation sites (tertiary alicyclic amines) is 1. The lowest BCUT2D eigenvalue weighted by Crippen LogP contribution is -2.33. The van der Waals surface area contributed by atoms with Crippen LogP contribution in [-0.4, -0.2) is 39.2 Å². The van der Waals surface area contributed by atoms with E-state index in [0.29, 0.717) is 24.1 Å². The van der Waals surface area contributed by atoms with Crippen LogP contribution in [0, 0.1) is 6.92 Å². The summed E-state index contributed by atoms with van der Waals surface area (Å²) in [6, 6.07) is 7.75. The maximum absolute atomic E-state index is 11.9. The van der Waals surface area contributed by atoms with Crippen LogP contribution >= 0.6 is 11.8 Å². The Hall–Kier alpha value is -2.15. The summed E-state index contributed by atoms with van der Waals surface area (Å²) in [5.41, 5.74) is 1.95. The van der Waals surface area contributed by atoms with Crippen LogP contribution in [0.15, 0.2) is 33.9 Å². The van der Waals surface area contributed by atoms with Gasteiger partial charge in [-0.05, 0) is 25.5 Å². The number of aromatic nitrogens is 2. The van der Waals surface area contributed by atoms with Crippen LogP contribution in [0.3, 0.4) is 0 Å². The molecule has 6 nitrogen and oxygen atoms in total. The Kier molecular flexibility index (Phi) is 4.24. The maximum atomic E-state index is 11.9. The van der Waals surface area contributed by atoms with E-state index in [0.717, 1.165) is 29.3 Å². The summed E-state index contributed by atoms with van der Waals surface area (Å²) in [5.74, 6) is 0.247. The van der Waals surface area contributed by atoms with Crippen molar-refractivity contribution < 1.29 is 14.0 Å². The average molecular weight is 317 g/mol. The van der Waals surface area contributed by atoms with Crippen molar-refractivity contribution in [3.63, 3.8) is 0 Å². The maximum Gasteiger partial charge on any atom is 0.277 e. The number of carbonyl (C=O) groups excluding carboxylic acids is 2. The van der Waals surface area contributed by atoms with E-state index in [1.165, 1.54) is 4.90 Å². The second-order valence-corrected chi connectivity index (χ2v) is 6.00. The van der Waals surface area contributed by atoms with Gasteiger partial charge in [0.05, 0.1) is 5.75 Å². The first-order valence-electron chi connectivity index (χ1n) is 7.00. The molecular formula is C15H15N3O3S. The van der Waals surface area contributed by atoms with Gasteiger partial charge in [0, 0.05) is 18.5 Å². The Balaban J connectivity index is 1.62. The van der Waals surface area contributed by atoms with Crippen molar-refractivity contribution >= 4 is 23.6 Å². The van der Waals surface area contributed by atoms with Gasteiger partial charge in [-0.25, -0.2) is 0 Å². The molecule has 0 radical (unpaired) electrons. The molecule has 0 atom stereocenters. The fourth-order valence-electron chi connectivity index (χ4n) is 2.28.